The van der Waals surface area contributed by atoms with Gasteiger partial charge in [-0.25, -0.2) is 9.37 Å². The molecule has 28 heavy (non-hydrogen) atoms. The van der Waals surface area contributed by atoms with Gasteiger partial charge in [0.2, 0.25) is 0 Å². The lowest BCUT2D eigenvalue weighted by Crippen LogP contribution is -2.38. The summed E-state index contributed by atoms with van der Waals surface area (Å²) in [4.78, 5) is 10.3. The molecule has 0 amide bonds. The second-order valence-electron chi connectivity index (χ2n) is 6.36. The number of nitrogens with zero attached hydrogens (tertiary/aromatic N) is 4. The van der Waals surface area contributed by atoms with Crippen LogP contribution >= 0.6 is 0 Å². The van der Waals surface area contributed by atoms with Crippen LogP contribution in [0.15, 0.2) is 66.2 Å². The van der Waals surface area contributed by atoms with E-state index >= 15 is 0 Å². The first kappa shape index (κ1) is 19.4. The highest BCUT2D eigenvalue weighted by atomic mass is 19.1. The lowest BCUT2D eigenvalue weighted by molar-refractivity contribution is 0.414. The van der Waals surface area contributed by atoms with Crippen LogP contribution < -0.4 is 10.1 Å². The van der Waals surface area contributed by atoms with E-state index in [2.05, 4.69) is 15.3 Å². The van der Waals surface area contributed by atoms with Gasteiger partial charge in [-0.15, -0.1) is 0 Å². The molecular weight excluding hydrogens is 357 g/mol. The fourth-order valence-corrected chi connectivity index (χ4v) is 2.92. The van der Waals surface area contributed by atoms with Crippen LogP contribution in [0.5, 0.6) is 5.75 Å². The Morgan fingerprint density at radius 2 is 1.96 bits per heavy atom. The topological polar surface area (TPSA) is 54.7 Å². The van der Waals surface area contributed by atoms with E-state index in [0.29, 0.717) is 18.8 Å². The van der Waals surface area contributed by atoms with Crippen LogP contribution in [0, 0.1) is 5.82 Å². The van der Waals surface area contributed by atoms with Crippen LogP contribution in [0.4, 0.5) is 4.39 Å². The molecule has 2 aromatic carbocycles. The molecule has 0 saturated heterocycles. The second-order valence-corrected chi connectivity index (χ2v) is 6.36. The SMILES string of the molecule is CN=C(NCc1ccc(-n2ccnc2)c(F)c1)N(C)Cc1ccc(OC)cc1. The molecular formula is C21H24FN5O. The summed E-state index contributed by atoms with van der Waals surface area (Å²) in [5.41, 5.74) is 2.45. The first-order valence-corrected chi connectivity index (χ1v) is 8.92. The molecule has 146 valence electrons. The van der Waals surface area contributed by atoms with E-state index in [-0.39, 0.29) is 5.82 Å². The van der Waals surface area contributed by atoms with Gasteiger partial charge in [0.15, 0.2) is 5.96 Å². The summed E-state index contributed by atoms with van der Waals surface area (Å²) >= 11 is 0. The van der Waals surface area contributed by atoms with Gasteiger partial charge in [-0.1, -0.05) is 18.2 Å². The van der Waals surface area contributed by atoms with E-state index in [1.54, 1.807) is 43.5 Å². The summed E-state index contributed by atoms with van der Waals surface area (Å²) < 4.78 is 21.2. The predicted octanol–water partition coefficient (Wildman–Crippen LogP) is 3.23. The molecule has 7 heteroatoms. The Labute approximate surface area is 164 Å². The standard InChI is InChI=1S/C21H24FN5O/c1-23-21(26(2)14-16-4-7-18(28-3)8-5-16)25-13-17-6-9-20(19(22)12-17)27-11-10-24-15-27/h4-12,15H,13-14H2,1-3H3,(H,23,25). The summed E-state index contributed by atoms with van der Waals surface area (Å²) in [7, 11) is 5.34. The summed E-state index contributed by atoms with van der Waals surface area (Å²) in [6.07, 6.45) is 4.91. The maximum Gasteiger partial charge on any atom is 0.193 e. The molecule has 0 bridgehead atoms. The van der Waals surface area contributed by atoms with E-state index in [1.807, 2.05) is 42.3 Å². The van der Waals surface area contributed by atoms with Crippen molar-refractivity contribution in [2.75, 3.05) is 21.2 Å². The van der Waals surface area contributed by atoms with Crippen molar-refractivity contribution in [3.05, 3.63) is 78.1 Å². The van der Waals surface area contributed by atoms with E-state index in [0.717, 1.165) is 22.8 Å². The number of hydrogen-bond acceptors (Lipinski definition) is 3. The molecule has 0 saturated carbocycles. The van der Waals surface area contributed by atoms with Crippen molar-refractivity contribution < 1.29 is 9.13 Å². The van der Waals surface area contributed by atoms with Crippen LogP contribution in [0.2, 0.25) is 0 Å². The molecule has 1 N–H and O–H groups in total. The second kappa shape index (κ2) is 9.03. The number of hydrogen-bond donors (Lipinski definition) is 1. The van der Waals surface area contributed by atoms with Crippen LogP contribution in [-0.2, 0) is 13.1 Å². The van der Waals surface area contributed by atoms with Gasteiger partial charge in [0.1, 0.15) is 11.6 Å². The molecule has 0 atom stereocenters. The average Bonchev–Trinajstić information content (AvgIpc) is 3.23. The minimum absolute atomic E-state index is 0.293. The maximum absolute atomic E-state index is 14.4. The first-order valence-electron chi connectivity index (χ1n) is 8.92. The molecule has 0 spiro atoms. The smallest absolute Gasteiger partial charge is 0.193 e. The summed E-state index contributed by atoms with van der Waals surface area (Å²) in [5.74, 6) is 1.27. The van der Waals surface area contributed by atoms with E-state index < -0.39 is 0 Å². The number of guanidine groups is 1. The average molecular weight is 381 g/mol. The molecule has 0 aliphatic carbocycles. The third-order valence-corrected chi connectivity index (χ3v) is 4.40. The minimum atomic E-state index is -0.293. The number of nitrogens with one attached hydrogen (secondary N) is 1. The number of imidazole rings is 1. The lowest BCUT2D eigenvalue weighted by atomic mass is 10.2. The van der Waals surface area contributed by atoms with Crippen molar-refractivity contribution in [3.8, 4) is 11.4 Å². The largest absolute Gasteiger partial charge is 0.497 e. The Bertz CT molecular complexity index is 922. The Morgan fingerprint density at radius 1 is 1.21 bits per heavy atom. The summed E-state index contributed by atoms with van der Waals surface area (Å²) in [6.45, 7) is 1.17. The monoisotopic (exact) mass is 381 g/mol. The van der Waals surface area contributed by atoms with Crippen molar-refractivity contribution in [1.29, 1.82) is 0 Å². The summed E-state index contributed by atoms with van der Waals surface area (Å²) in [6, 6.07) is 13.1. The normalized spacial score (nSPS) is 11.4. The predicted molar refractivity (Wildman–Crippen MR) is 108 cm³/mol. The van der Waals surface area contributed by atoms with Gasteiger partial charge in [-0.3, -0.25) is 4.99 Å². The number of methoxy groups -OCH3 is 1. The third-order valence-electron chi connectivity index (χ3n) is 4.40. The number of rotatable bonds is 6. The van der Waals surface area contributed by atoms with Crippen molar-refractivity contribution in [2.24, 2.45) is 4.99 Å². The number of benzene rings is 2. The molecule has 0 aliphatic heterocycles. The highest BCUT2D eigenvalue weighted by Crippen LogP contribution is 2.15. The molecule has 0 unspecified atom stereocenters. The quantitative estimate of drug-likeness (QED) is 0.526. The fraction of sp³-hybridized carbons (Fsp3) is 0.238. The molecule has 0 aliphatic rings. The highest BCUT2D eigenvalue weighted by Gasteiger charge is 2.09. The van der Waals surface area contributed by atoms with E-state index in [1.165, 1.54) is 6.07 Å². The first-order chi connectivity index (χ1) is 13.6. The van der Waals surface area contributed by atoms with E-state index in [4.69, 9.17) is 4.74 Å². The zero-order valence-electron chi connectivity index (χ0n) is 16.3. The van der Waals surface area contributed by atoms with Crippen molar-refractivity contribution >= 4 is 5.96 Å². The summed E-state index contributed by atoms with van der Waals surface area (Å²) in [5, 5.41) is 3.28. The number of aliphatic imine (C=N–C) groups is 1. The third kappa shape index (κ3) is 4.68. The van der Waals surface area contributed by atoms with E-state index in [9.17, 15) is 4.39 Å². The molecule has 1 heterocycles. The van der Waals surface area contributed by atoms with Crippen molar-refractivity contribution in [1.82, 2.24) is 19.8 Å². The van der Waals surface area contributed by atoms with Gasteiger partial charge in [-0.05, 0) is 35.4 Å². The Balaban J connectivity index is 1.60. The molecule has 6 nitrogen and oxygen atoms in total. The molecule has 0 radical (unpaired) electrons. The van der Waals surface area contributed by atoms with Crippen LogP contribution in [-0.4, -0.2) is 41.6 Å². The number of halogens is 1. The zero-order chi connectivity index (χ0) is 19.9. The van der Waals surface area contributed by atoms with Crippen molar-refractivity contribution in [3.63, 3.8) is 0 Å². The highest BCUT2D eigenvalue weighted by molar-refractivity contribution is 5.79. The van der Waals surface area contributed by atoms with Gasteiger partial charge in [0.25, 0.3) is 0 Å². The Kier molecular flexibility index (Phi) is 6.26. The van der Waals surface area contributed by atoms with Gasteiger partial charge in [-0.2, -0.15) is 0 Å². The molecule has 3 aromatic rings. The lowest BCUT2D eigenvalue weighted by Gasteiger charge is -2.22. The molecule has 3 rings (SSSR count). The zero-order valence-corrected chi connectivity index (χ0v) is 16.3. The van der Waals surface area contributed by atoms with Crippen molar-refractivity contribution in [2.45, 2.75) is 13.1 Å². The minimum Gasteiger partial charge on any atom is -0.497 e. The fourth-order valence-electron chi connectivity index (χ4n) is 2.92. The van der Waals surface area contributed by atoms with Crippen LogP contribution in [0.25, 0.3) is 5.69 Å². The van der Waals surface area contributed by atoms with Crippen LogP contribution in [0.1, 0.15) is 11.1 Å². The van der Waals surface area contributed by atoms with Gasteiger partial charge >= 0.3 is 0 Å². The molecule has 1 aromatic heterocycles. The number of aromatic nitrogens is 2. The van der Waals surface area contributed by atoms with Crippen LogP contribution in [0.3, 0.4) is 0 Å². The maximum atomic E-state index is 14.4. The van der Waals surface area contributed by atoms with Gasteiger partial charge in [0, 0.05) is 39.6 Å². The molecule has 0 fully saturated rings. The number of ether oxygens (including phenoxy) is 1. The van der Waals surface area contributed by atoms with Gasteiger partial charge in [0.05, 0.1) is 19.1 Å². The Hall–Kier alpha value is -3.35. The van der Waals surface area contributed by atoms with Gasteiger partial charge < -0.3 is 19.5 Å². The Morgan fingerprint density at radius 3 is 2.57 bits per heavy atom.